The van der Waals surface area contributed by atoms with Gasteiger partial charge in [-0.05, 0) is 43.2 Å². The minimum Gasteiger partial charge on any atom is -0.423 e. The van der Waals surface area contributed by atoms with Gasteiger partial charge in [-0.1, -0.05) is 25.1 Å². The van der Waals surface area contributed by atoms with E-state index in [0.717, 1.165) is 16.6 Å². The highest BCUT2D eigenvalue weighted by molar-refractivity contribution is 6.01. The van der Waals surface area contributed by atoms with Crippen molar-refractivity contribution in [2.75, 3.05) is 5.32 Å². The summed E-state index contributed by atoms with van der Waals surface area (Å²) in [5, 5.41) is 4.00. The molecule has 5 nitrogen and oxygen atoms in total. The van der Waals surface area contributed by atoms with Crippen LogP contribution in [0.4, 0.5) is 11.7 Å². The number of rotatable bonds is 3. The summed E-state index contributed by atoms with van der Waals surface area (Å²) in [4.78, 5) is 16.6. The van der Waals surface area contributed by atoms with Gasteiger partial charge in [-0.3, -0.25) is 0 Å². The molecule has 0 radical (unpaired) electrons. The molecule has 0 bridgehead atoms. The van der Waals surface area contributed by atoms with Crippen LogP contribution in [0.5, 0.6) is 0 Å². The third-order valence-corrected chi connectivity index (χ3v) is 4.19. The van der Waals surface area contributed by atoms with Crippen molar-refractivity contribution in [3.63, 3.8) is 0 Å². The number of aryl methyl sites for hydroxylation is 1. The first-order chi connectivity index (χ1) is 11.7. The molecule has 4 aromatic rings. The van der Waals surface area contributed by atoms with Gasteiger partial charge in [0.15, 0.2) is 16.7 Å². The van der Waals surface area contributed by atoms with Crippen LogP contribution in [0.3, 0.4) is 0 Å². The minimum absolute atomic E-state index is 0.310. The minimum atomic E-state index is -0.310. The largest absolute Gasteiger partial charge is 0.423 e. The Balaban J connectivity index is 1.90. The van der Waals surface area contributed by atoms with Crippen molar-refractivity contribution in [2.45, 2.75) is 20.3 Å². The zero-order valence-electron chi connectivity index (χ0n) is 13.4. The number of hydrogen-bond donors (Lipinski definition) is 1. The molecule has 2 aromatic heterocycles. The Labute approximate surface area is 137 Å². The van der Waals surface area contributed by atoms with Crippen molar-refractivity contribution >= 4 is 33.8 Å². The number of para-hydroxylation sites is 1. The number of nitrogens with zero attached hydrogens (tertiary/aromatic N) is 1. The van der Waals surface area contributed by atoms with Crippen molar-refractivity contribution in [1.29, 1.82) is 0 Å². The first-order valence-electron chi connectivity index (χ1n) is 7.85. The smallest absolute Gasteiger partial charge is 0.339 e. The maximum absolute atomic E-state index is 12.2. The van der Waals surface area contributed by atoms with Crippen molar-refractivity contribution in [3.05, 3.63) is 64.0 Å². The predicted molar refractivity (Wildman–Crippen MR) is 93.9 cm³/mol. The van der Waals surface area contributed by atoms with Crippen molar-refractivity contribution in [3.8, 4) is 0 Å². The summed E-state index contributed by atoms with van der Waals surface area (Å²) in [6.45, 7) is 3.88. The normalized spacial score (nSPS) is 11.2. The molecule has 2 aromatic carbocycles. The van der Waals surface area contributed by atoms with Gasteiger partial charge >= 0.3 is 5.63 Å². The van der Waals surface area contributed by atoms with Crippen molar-refractivity contribution in [1.82, 2.24) is 4.98 Å². The lowest BCUT2D eigenvalue weighted by Crippen LogP contribution is -2.09. The highest BCUT2D eigenvalue weighted by atomic mass is 16.4. The van der Waals surface area contributed by atoms with Crippen molar-refractivity contribution in [2.24, 2.45) is 0 Å². The summed E-state index contributed by atoms with van der Waals surface area (Å²) in [5.74, 6) is 0. The number of oxazole rings is 1. The molecule has 0 amide bonds. The number of anilines is 2. The average molecular weight is 320 g/mol. The summed E-state index contributed by atoms with van der Waals surface area (Å²) < 4.78 is 11.3. The molecule has 0 aliphatic carbocycles. The Hall–Kier alpha value is -3.08. The van der Waals surface area contributed by atoms with Gasteiger partial charge in [-0.15, -0.1) is 0 Å². The number of benzene rings is 2. The molecule has 0 spiro atoms. The van der Waals surface area contributed by atoms with E-state index in [-0.39, 0.29) is 5.63 Å². The van der Waals surface area contributed by atoms with Gasteiger partial charge < -0.3 is 14.2 Å². The average Bonchev–Trinajstić information content (AvgIpc) is 2.99. The molecule has 0 aliphatic rings. The van der Waals surface area contributed by atoms with Crippen molar-refractivity contribution < 1.29 is 8.83 Å². The maximum Gasteiger partial charge on any atom is 0.339 e. The number of aromatic nitrogens is 1. The van der Waals surface area contributed by atoms with Crippen LogP contribution >= 0.6 is 0 Å². The molecular formula is C19H16N2O3. The summed E-state index contributed by atoms with van der Waals surface area (Å²) in [6, 6.07) is 13.8. The monoisotopic (exact) mass is 320 g/mol. The fourth-order valence-corrected chi connectivity index (χ4v) is 2.95. The van der Waals surface area contributed by atoms with Gasteiger partial charge in [0, 0.05) is 16.6 Å². The molecule has 1 N–H and O–H groups in total. The van der Waals surface area contributed by atoms with E-state index in [1.807, 2.05) is 56.3 Å². The van der Waals surface area contributed by atoms with E-state index >= 15 is 0 Å². The lowest BCUT2D eigenvalue weighted by molar-refractivity contribution is 0.552. The molecule has 4 rings (SSSR count). The second kappa shape index (κ2) is 5.53. The van der Waals surface area contributed by atoms with Crippen LogP contribution in [0.1, 0.15) is 18.1 Å². The van der Waals surface area contributed by atoms with E-state index in [2.05, 4.69) is 10.3 Å². The van der Waals surface area contributed by atoms with Crippen LogP contribution in [0.15, 0.2) is 56.1 Å². The molecule has 0 unspecified atom stereocenters. The third kappa shape index (κ3) is 2.25. The summed E-state index contributed by atoms with van der Waals surface area (Å²) >= 11 is 0. The Morgan fingerprint density at radius 3 is 2.62 bits per heavy atom. The van der Waals surface area contributed by atoms with Crippen LogP contribution in [-0.4, -0.2) is 4.98 Å². The van der Waals surface area contributed by atoms with Crippen LogP contribution in [0.2, 0.25) is 0 Å². The number of hydrogen-bond acceptors (Lipinski definition) is 5. The van der Waals surface area contributed by atoms with E-state index in [4.69, 9.17) is 8.83 Å². The molecule has 24 heavy (non-hydrogen) atoms. The maximum atomic E-state index is 12.2. The molecule has 120 valence electrons. The van der Waals surface area contributed by atoms with Gasteiger partial charge in [-0.2, -0.15) is 4.98 Å². The molecule has 0 aliphatic heterocycles. The zero-order chi connectivity index (χ0) is 16.7. The lowest BCUT2D eigenvalue weighted by Gasteiger charge is -2.05. The third-order valence-electron chi connectivity index (χ3n) is 4.19. The Morgan fingerprint density at radius 2 is 1.88 bits per heavy atom. The van der Waals surface area contributed by atoms with Crippen LogP contribution in [0.25, 0.3) is 22.1 Å². The summed E-state index contributed by atoms with van der Waals surface area (Å²) in [5.41, 5.74) is 3.80. The second-order valence-corrected chi connectivity index (χ2v) is 5.65. The van der Waals surface area contributed by atoms with Gasteiger partial charge in [0.25, 0.3) is 6.01 Å². The van der Waals surface area contributed by atoms with Gasteiger partial charge in [0.05, 0.1) is 0 Å². The lowest BCUT2D eigenvalue weighted by atomic mass is 10.0. The summed E-state index contributed by atoms with van der Waals surface area (Å²) in [6.07, 6.45) is 0.641. The van der Waals surface area contributed by atoms with Crippen LogP contribution in [0, 0.1) is 6.92 Å². The summed E-state index contributed by atoms with van der Waals surface area (Å²) in [7, 11) is 0. The molecule has 2 heterocycles. The number of fused-ring (bicyclic) bond motifs is 3. The van der Waals surface area contributed by atoms with E-state index in [1.54, 1.807) is 0 Å². The highest BCUT2D eigenvalue weighted by Crippen LogP contribution is 2.30. The number of nitrogens with one attached hydrogen (secondary N) is 1. The molecular weight excluding hydrogens is 304 g/mol. The van der Waals surface area contributed by atoms with E-state index in [9.17, 15) is 4.79 Å². The van der Waals surface area contributed by atoms with Gasteiger partial charge in [-0.25, -0.2) is 4.79 Å². The fraction of sp³-hybridized carbons (Fsp3) is 0.158. The van der Waals surface area contributed by atoms with E-state index in [0.29, 0.717) is 34.7 Å². The molecule has 0 saturated heterocycles. The SMILES string of the molecule is CCc1c(C)c2ccc3oc(Nc4ccccc4)nc3c2oc1=O. The Morgan fingerprint density at radius 1 is 1.08 bits per heavy atom. The molecule has 0 saturated carbocycles. The second-order valence-electron chi connectivity index (χ2n) is 5.65. The van der Waals surface area contributed by atoms with Gasteiger partial charge in [0.2, 0.25) is 0 Å². The van der Waals surface area contributed by atoms with E-state index in [1.165, 1.54) is 0 Å². The topological polar surface area (TPSA) is 68.3 Å². The highest BCUT2D eigenvalue weighted by Gasteiger charge is 2.16. The zero-order valence-corrected chi connectivity index (χ0v) is 13.4. The van der Waals surface area contributed by atoms with Gasteiger partial charge in [0.1, 0.15) is 0 Å². The predicted octanol–water partition coefficient (Wildman–Crippen LogP) is 4.55. The van der Waals surface area contributed by atoms with Crippen LogP contribution < -0.4 is 10.9 Å². The molecule has 5 heteroatoms. The first kappa shape index (κ1) is 14.5. The fourth-order valence-electron chi connectivity index (χ4n) is 2.95. The first-order valence-corrected chi connectivity index (χ1v) is 7.85. The van der Waals surface area contributed by atoms with E-state index < -0.39 is 0 Å². The quantitative estimate of drug-likeness (QED) is 0.561. The molecule has 0 atom stereocenters. The molecule has 0 fully saturated rings. The standard InChI is InChI=1S/C19H16N2O3/c1-3-13-11(2)14-9-10-15-16(17(14)24-18(13)22)21-19(23-15)20-12-7-5-4-6-8-12/h4-10H,3H2,1-2H3,(H,20,21). The Bertz CT molecular complexity index is 1090. The van der Waals surface area contributed by atoms with Crippen LogP contribution in [-0.2, 0) is 6.42 Å². The Kier molecular flexibility index (Phi) is 3.34.